The number of carbonyl (C=O) groups excluding carboxylic acids is 2. The fourth-order valence-electron chi connectivity index (χ4n) is 3.34. The van der Waals surface area contributed by atoms with Crippen LogP contribution in [0.2, 0.25) is 0 Å². The average Bonchev–Trinajstić information content (AvgIpc) is 3.07. The molecule has 1 atom stereocenters. The smallest absolute Gasteiger partial charge is 0.239 e. The van der Waals surface area contributed by atoms with Crippen LogP contribution in [0.1, 0.15) is 45.1 Å². The van der Waals surface area contributed by atoms with E-state index in [9.17, 15) is 14.0 Å². The number of carbonyl (C=O) groups is 2. The molecule has 0 aliphatic heterocycles. The first-order valence-corrected chi connectivity index (χ1v) is 8.90. The third-order valence-electron chi connectivity index (χ3n) is 5.09. The second-order valence-electron chi connectivity index (χ2n) is 7.26. The summed E-state index contributed by atoms with van der Waals surface area (Å²) in [5.74, 6) is -0.801. The summed E-state index contributed by atoms with van der Waals surface area (Å²) in [5.41, 5.74) is 6.66. The lowest BCUT2D eigenvalue weighted by atomic mass is 9.79. The number of amides is 2. The third-order valence-corrected chi connectivity index (χ3v) is 5.09. The Morgan fingerprint density at radius 3 is 2.27 bits per heavy atom. The van der Waals surface area contributed by atoms with E-state index in [1.54, 1.807) is 12.1 Å². The molecule has 1 aliphatic rings. The molecular formula is C19H29ClFN3O2. The minimum Gasteiger partial charge on any atom is -0.354 e. The van der Waals surface area contributed by atoms with Gasteiger partial charge in [-0.2, -0.15) is 0 Å². The van der Waals surface area contributed by atoms with Crippen LogP contribution < -0.4 is 16.4 Å². The first kappa shape index (κ1) is 22.4. The predicted molar refractivity (Wildman–Crippen MR) is 103 cm³/mol. The summed E-state index contributed by atoms with van der Waals surface area (Å²) in [7, 11) is 0. The van der Waals surface area contributed by atoms with Crippen LogP contribution >= 0.6 is 12.4 Å². The number of hydrogen-bond acceptors (Lipinski definition) is 3. The van der Waals surface area contributed by atoms with Gasteiger partial charge < -0.3 is 16.4 Å². The van der Waals surface area contributed by atoms with Gasteiger partial charge in [0.15, 0.2) is 0 Å². The van der Waals surface area contributed by atoms with Gasteiger partial charge in [0.05, 0.1) is 12.6 Å². The number of benzene rings is 1. The van der Waals surface area contributed by atoms with E-state index in [1.807, 2.05) is 13.8 Å². The SMILES string of the molecule is CC(C)[C@H](N)C(=O)NCC(=O)NCC1(c2ccc(F)cc2)CCCC1.Cl. The lowest BCUT2D eigenvalue weighted by molar-refractivity contribution is -0.127. The number of rotatable bonds is 7. The highest BCUT2D eigenvalue weighted by molar-refractivity contribution is 5.87. The van der Waals surface area contributed by atoms with Crippen LogP contribution in [0.5, 0.6) is 0 Å². The van der Waals surface area contributed by atoms with Gasteiger partial charge in [0.25, 0.3) is 0 Å². The van der Waals surface area contributed by atoms with Crippen molar-refractivity contribution in [2.45, 2.75) is 51.0 Å². The van der Waals surface area contributed by atoms with Crippen LogP contribution in [0.4, 0.5) is 4.39 Å². The normalized spacial score (nSPS) is 16.7. The molecule has 7 heteroatoms. The van der Waals surface area contributed by atoms with Crippen LogP contribution in [-0.2, 0) is 15.0 Å². The van der Waals surface area contributed by atoms with Crippen molar-refractivity contribution in [3.8, 4) is 0 Å². The highest BCUT2D eigenvalue weighted by Gasteiger charge is 2.35. The van der Waals surface area contributed by atoms with E-state index < -0.39 is 6.04 Å². The molecule has 2 rings (SSSR count). The van der Waals surface area contributed by atoms with E-state index in [1.165, 1.54) is 12.1 Å². The highest BCUT2D eigenvalue weighted by Crippen LogP contribution is 2.40. The molecule has 0 spiro atoms. The summed E-state index contributed by atoms with van der Waals surface area (Å²) in [6.07, 6.45) is 4.10. The standard InChI is InChI=1S/C19H28FN3O2.ClH/c1-13(2)17(21)18(25)22-11-16(24)23-12-19(9-3-4-10-19)14-5-7-15(20)8-6-14;/h5-8,13,17H,3-4,9-12,21H2,1-2H3,(H,22,25)(H,23,24);1H/t17-;/m0./s1. The average molecular weight is 386 g/mol. The van der Waals surface area contributed by atoms with Crippen molar-refractivity contribution in [1.29, 1.82) is 0 Å². The molecule has 1 saturated carbocycles. The zero-order chi connectivity index (χ0) is 18.4. The molecule has 0 saturated heterocycles. The molecule has 1 aromatic rings. The summed E-state index contributed by atoms with van der Waals surface area (Å²) in [6.45, 7) is 4.12. The van der Waals surface area contributed by atoms with Crippen LogP contribution in [0, 0.1) is 11.7 Å². The van der Waals surface area contributed by atoms with E-state index in [0.29, 0.717) is 6.54 Å². The van der Waals surface area contributed by atoms with E-state index in [4.69, 9.17) is 5.73 Å². The van der Waals surface area contributed by atoms with Gasteiger partial charge in [0.1, 0.15) is 5.82 Å². The summed E-state index contributed by atoms with van der Waals surface area (Å²) in [6, 6.07) is 5.91. The molecule has 146 valence electrons. The van der Waals surface area contributed by atoms with Crippen LogP contribution in [0.25, 0.3) is 0 Å². The van der Waals surface area contributed by atoms with Gasteiger partial charge in [-0.3, -0.25) is 9.59 Å². The number of hydrogen-bond donors (Lipinski definition) is 3. The van der Waals surface area contributed by atoms with Gasteiger partial charge in [0, 0.05) is 12.0 Å². The Morgan fingerprint density at radius 1 is 1.15 bits per heavy atom. The van der Waals surface area contributed by atoms with Crippen molar-refractivity contribution >= 4 is 24.2 Å². The molecule has 0 aromatic heterocycles. The molecule has 2 amide bonds. The van der Waals surface area contributed by atoms with Crippen LogP contribution in [-0.4, -0.2) is 30.9 Å². The maximum atomic E-state index is 13.2. The van der Waals surface area contributed by atoms with Gasteiger partial charge in [-0.1, -0.05) is 38.8 Å². The van der Waals surface area contributed by atoms with Crippen molar-refractivity contribution in [3.63, 3.8) is 0 Å². The highest BCUT2D eigenvalue weighted by atomic mass is 35.5. The molecular weight excluding hydrogens is 357 g/mol. The molecule has 0 radical (unpaired) electrons. The third kappa shape index (κ3) is 5.68. The number of halogens is 2. The van der Waals surface area contributed by atoms with Gasteiger partial charge in [-0.25, -0.2) is 4.39 Å². The predicted octanol–water partition coefficient (Wildman–Crippen LogP) is 2.28. The van der Waals surface area contributed by atoms with Crippen LogP contribution in [0.15, 0.2) is 24.3 Å². The second kappa shape index (κ2) is 9.88. The second-order valence-corrected chi connectivity index (χ2v) is 7.26. The Balaban J connectivity index is 0.00000338. The molecule has 0 bridgehead atoms. The van der Waals surface area contributed by atoms with Crippen molar-refractivity contribution < 1.29 is 14.0 Å². The van der Waals surface area contributed by atoms with Crippen molar-refractivity contribution in [2.24, 2.45) is 11.7 Å². The van der Waals surface area contributed by atoms with Gasteiger partial charge in [0.2, 0.25) is 11.8 Å². The van der Waals surface area contributed by atoms with Crippen molar-refractivity contribution in [3.05, 3.63) is 35.6 Å². The largest absolute Gasteiger partial charge is 0.354 e. The van der Waals surface area contributed by atoms with E-state index >= 15 is 0 Å². The minimum atomic E-state index is -0.617. The van der Waals surface area contributed by atoms with E-state index in [-0.39, 0.29) is 47.9 Å². The first-order valence-electron chi connectivity index (χ1n) is 8.90. The molecule has 0 heterocycles. The zero-order valence-electron chi connectivity index (χ0n) is 15.4. The molecule has 1 aliphatic carbocycles. The summed E-state index contributed by atoms with van der Waals surface area (Å²) < 4.78 is 13.2. The summed E-state index contributed by atoms with van der Waals surface area (Å²) >= 11 is 0. The molecule has 4 N–H and O–H groups in total. The van der Waals surface area contributed by atoms with Gasteiger partial charge >= 0.3 is 0 Å². The summed E-state index contributed by atoms with van der Waals surface area (Å²) in [5, 5.41) is 5.49. The number of nitrogens with two attached hydrogens (primary N) is 1. The van der Waals surface area contributed by atoms with Crippen molar-refractivity contribution in [1.82, 2.24) is 10.6 Å². The Hall–Kier alpha value is -1.66. The molecule has 1 aromatic carbocycles. The Bertz CT molecular complexity index is 601. The summed E-state index contributed by atoms with van der Waals surface area (Å²) in [4.78, 5) is 23.9. The Labute approximate surface area is 160 Å². The molecule has 26 heavy (non-hydrogen) atoms. The quantitative estimate of drug-likeness (QED) is 0.673. The fraction of sp³-hybridized carbons (Fsp3) is 0.579. The molecule has 5 nitrogen and oxygen atoms in total. The topological polar surface area (TPSA) is 84.2 Å². The lowest BCUT2D eigenvalue weighted by Gasteiger charge is -2.30. The monoisotopic (exact) mass is 385 g/mol. The van der Waals surface area contributed by atoms with E-state index in [0.717, 1.165) is 31.2 Å². The Kier molecular flexibility index (Phi) is 8.50. The molecule has 1 fully saturated rings. The zero-order valence-corrected chi connectivity index (χ0v) is 16.2. The maximum Gasteiger partial charge on any atom is 0.239 e. The van der Waals surface area contributed by atoms with Gasteiger partial charge in [-0.15, -0.1) is 12.4 Å². The fourth-order valence-corrected chi connectivity index (χ4v) is 3.34. The van der Waals surface area contributed by atoms with Crippen molar-refractivity contribution in [2.75, 3.05) is 13.1 Å². The van der Waals surface area contributed by atoms with Gasteiger partial charge in [-0.05, 0) is 36.5 Å². The maximum absolute atomic E-state index is 13.2. The molecule has 0 unspecified atom stereocenters. The lowest BCUT2D eigenvalue weighted by Crippen LogP contribution is -2.48. The van der Waals surface area contributed by atoms with E-state index in [2.05, 4.69) is 10.6 Å². The first-order chi connectivity index (χ1) is 11.8. The Morgan fingerprint density at radius 2 is 1.73 bits per heavy atom. The minimum absolute atomic E-state index is 0. The van der Waals surface area contributed by atoms with Crippen LogP contribution in [0.3, 0.4) is 0 Å². The number of nitrogens with one attached hydrogen (secondary N) is 2.